The Labute approximate surface area is 140 Å². The van der Waals surface area contributed by atoms with Gasteiger partial charge in [-0.2, -0.15) is 5.10 Å². The topological polar surface area (TPSA) is 41.5 Å². The lowest BCUT2D eigenvalue weighted by Gasteiger charge is -2.18. The van der Waals surface area contributed by atoms with Gasteiger partial charge in [-0.15, -0.1) is 0 Å². The molecular weight excluding hydrogens is 315 g/mol. The second-order valence-electron chi connectivity index (χ2n) is 6.19. The Hall–Kier alpha value is -2.20. The van der Waals surface area contributed by atoms with Crippen LogP contribution in [0.25, 0.3) is 0 Å². The van der Waals surface area contributed by atoms with Crippen LogP contribution in [0.5, 0.6) is 0 Å². The number of rotatable bonds is 3. The van der Waals surface area contributed by atoms with E-state index >= 15 is 0 Å². The lowest BCUT2D eigenvalue weighted by molar-refractivity contribution is 0.0955. The molecule has 0 aromatic heterocycles. The van der Waals surface area contributed by atoms with Crippen molar-refractivity contribution >= 4 is 23.7 Å². The maximum absolute atomic E-state index is 12.9. The fourth-order valence-corrected chi connectivity index (χ4v) is 2.17. The van der Waals surface area contributed by atoms with Crippen LogP contribution < -0.4 is 5.43 Å². The van der Waals surface area contributed by atoms with Crippen molar-refractivity contribution < 1.29 is 9.18 Å². The van der Waals surface area contributed by atoms with Gasteiger partial charge >= 0.3 is 0 Å². The number of carbonyl (C=O) groups excluding carboxylic acids is 1. The predicted octanol–water partition coefficient (Wildman–Crippen LogP) is 4.54. The number of benzene rings is 2. The first kappa shape index (κ1) is 17.2. The van der Waals surface area contributed by atoms with E-state index < -0.39 is 5.82 Å². The van der Waals surface area contributed by atoms with E-state index in [1.807, 2.05) is 12.1 Å². The summed E-state index contributed by atoms with van der Waals surface area (Å²) in [6.45, 7) is 6.33. The minimum absolute atomic E-state index is 0.0342. The molecule has 3 nitrogen and oxygen atoms in total. The summed E-state index contributed by atoms with van der Waals surface area (Å²) >= 11 is 5.88. The standard InChI is InChI=1S/C18H18ClFN2O/c1-18(2,3)14-7-4-12(5-8-14)17(23)22-21-11-13-6-9-15(20)10-16(13)19/h4-11H,1-3H3,(H,22,23)/b21-11+. The quantitative estimate of drug-likeness (QED) is 0.650. The van der Waals surface area contributed by atoms with Crippen LogP contribution in [-0.2, 0) is 5.41 Å². The first-order valence-electron chi connectivity index (χ1n) is 7.16. The van der Waals surface area contributed by atoms with Crippen molar-refractivity contribution in [1.82, 2.24) is 5.43 Å². The number of carbonyl (C=O) groups is 1. The summed E-state index contributed by atoms with van der Waals surface area (Å²) in [5.41, 5.74) is 4.65. The van der Waals surface area contributed by atoms with Gasteiger partial charge in [0.2, 0.25) is 0 Å². The van der Waals surface area contributed by atoms with Crippen LogP contribution in [0.2, 0.25) is 5.02 Å². The molecule has 0 fully saturated rings. The number of amides is 1. The van der Waals surface area contributed by atoms with E-state index in [0.29, 0.717) is 11.1 Å². The molecule has 0 aliphatic rings. The summed E-state index contributed by atoms with van der Waals surface area (Å²) < 4.78 is 12.9. The molecule has 120 valence electrons. The van der Waals surface area contributed by atoms with E-state index in [1.165, 1.54) is 24.4 Å². The molecule has 5 heteroatoms. The summed E-state index contributed by atoms with van der Waals surface area (Å²) in [5.74, 6) is -0.741. The van der Waals surface area contributed by atoms with Crippen molar-refractivity contribution in [3.63, 3.8) is 0 Å². The maximum Gasteiger partial charge on any atom is 0.271 e. The SMILES string of the molecule is CC(C)(C)c1ccc(C(=O)N/N=C/c2ccc(F)cc2Cl)cc1. The lowest BCUT2D eigenvalue weighted by Crippen LogP contribution is -2.18. The Bertz CT molecular complexity index is 734. The van der Waals surface area contributed by atoms with Crippen molar-refractivity contribution in [3.8, 4) is 0 Å². The van der Waals surface area contributed by atoms with Gasteiger partial charge in [0.15, 0.2) is 0 Å². The molecule has 0 heterocycles. The molecule has 0 saturated carbocycles. The van der Waals surface area contributed by atoms with Crippen LogP contribution in [0, 0.1) is 5.82 Å². The van der Waals surface area contributed by atoms with Crippen LogP contribution in [0.4, 0.5) is 4.39 Å². The molecule has 2 aromatic carbocycles. The highest BCUT2D eigenvalue weighted by molar-refractivity contribution is 6.33. The zero-order chi connectivity index (χ0) is 17.0. The van der Waals surface area contributed by atoms with Gasteiger partial charge in [-0.25, -0.2) is 9.82 Å². The molecule has 1 N–H and O–H groups in total. The normalized spacial score (nSPS) is 11.7. The smallest absolute Gasteiger partial charge is 0.267 e. The Kier molecular flexibility index (Phi) is 5.16. The third-order valence-corrected chi connectivity index (χ3v) is 3.67. The molecular formula is C18H18ClFN2O. The molecule has 0 aliphatic heterocycles. The van der Waals surface area contributed by atoms with Crippen molar-refractivity contribution in [1.29, 1.82) is 0 Å². The molecule has 0 aliphatic carbocycles. The Balaban J connectivity index is 2.03. The van der Waals surface area contributed by atoms with E-state index in [1.54, 1.807) is 12.1 Å². The van der Waals surface area contributed by atoms with Crippen molar-refractivity contribution in [2.75, 3.05) is 0 Å². The van der Waals surface area contributed by atoms with E-state index in [0.717, 1.165) is 5.56 Å². The Morgan fingerprint density at radius 3 is 2.39 bits per heavy atom. The zero-order valence-electron chi connectivity index (χ0n) is 13.2. The zero-order valence-corrected chi connectivity index (χ0v) is 14.0. The molecule has 0 unspecified atom stereocenters. The van der Waals surface area contributed by atoms with Crippen molar-refractivity contribution in [2.45, 2.75) is 26.2 Å². The first-order chi connectivity index (χ1) is 10.8. The predicted molar refractivity (Wildman–Crippen MR) is 91.6 cm³/mol. The maximum atomic E-state index is 12.9. The fraction of sp³-hybridized carbons (Fsp3) is 0.222. The lowest BCUT2D eigenvalue weighted by atomic mass is 9.87. The molecule has 2 rings (SSSR count). The number of hydrogen-bond donors (Lipinski definition) is 1. The van der Waals surface area contributed by atoms with Gasteiger partial charge in [-0.05, 0) is 41.3 Å². The summed E-state index contributed by atoms with van der Waals surface area (Å²) in [7, 11) is 0. The summed E-state index contributed by atoms with van der Waals surface area (Å²) in [6, 6.07) is 11.3. The first-order valence-corrected chi connectivity index (χ1v) is 7.54. The molecule has 0 radical (unpaired) electrons. The second-order valence-corrected chi connectivity index (χ2v) is 6.60. The van der Waals surface area contributed by atoms with E-state index in [2.05, 4.69) is 31.3 Å². The second kappa shape index (κ2) is 6.92. The van der Waals surface area contributed by atoms with E-state index in [-0.39, 0.29) is 16.3 Å². The van der Waals surface area contributed by atoms with Gasteiger partial charge < -0.3 is 0 Å². The highest BCUT2D eigenvalue weighted by Crippen LogP contribution is 2.22. The highest BCUT2D eigenvalue weighted by Gasteiger charge is 2.14. The van der Waals surface area contributed by atoms with Gasteiger partial charge in [-0.3, -0.25) is 4.79 Å². The number of nitrogens with one attached hydrogen (secondary N) is 1. The van der Waals surface area contributed by atoms with Gasteiger partial charge in [-0.1, -0.05) is 44.5 Å². The number of halogens is 2. The summed E-state index contributed by atoms with van der Waals surface area (Å²) in [4.78, 5) is 12.0. The molecule has 0 spiro atoms. The van der Waals surface area contributed by atoms with Crippen molar-refractivity contribution in [3.05, 3.63) is 70.0 Å². The fourth-order valence-electron chi connectivity index (χ4n) is 1.95. The van der Waals surface area contributed by atoms with Gasteiger partial charge in [0, 0.05) is 11.1 Å². The van der Waals surface area contributed by atoms with E-state index in [9.17, 15) is 9.18 Å². The minimum atomic E-state index is -0.421. The molecule has 0 saturated heterocycles. The Morgan fingerprint density at radius 2 is 1.83 bits per heavy atom. The van der Waals surface area contributed by atoms with Gasteiger partial charge in [0.25, 0.3) is 5.91 Å². The number of hydrazone groups is 1. The molecule has 0 bridgehead atoms. The monoisotopic (exact) mass is 332 g/mol. The molecule has 0 atom stereocenters. The number of hydrogen-bond acceptors (Lipinski definition) is 2. The largest absolute Gasteiger partial charge is 0.271 e. The van der Waals surface area contributed by atoms with Gasteiger partial charge in [0.1, 0.15) is 5.82 Å². The van der Waals surface area contributed by atoms with Crippen molar-refractivity contribution in [2.24, 2.45) is 5.10 Å². The van der Waals surface area contributed by atoms with Crippen LogP contribution in [0.15, 0.2) is 47.6 Å². The highest BCUT2D eigenvalue weighted by atomic mass is 35.5. The summed E-state index contributed by atoms with van der Waals surface area (Å²) in [5, 5.41) is 4.08. The average Bonchev–Trinajstić information content (AvgIpc) is 2.48. The van der Waals surface area contributed by atoms with Crippen LogP contribution in [0.3, 0.4) is 0 Å². The molecule has 2 aromatic rings. The minimum Gasteiger partial charge on any atom is -0.267 e. The Morgan fingerprint density at radius 1 is 1.17 bits per heavy atom. The number of nitrogens with zero attached hydrogens (tertiary/aromatic N) is 1. The van der Waals surface area contributed by atoms with Crippen LogP contribution in [0.1, 0.15) is 42.3 Å². The van der Waals surface area contributed by atoms with Crippen LogP contribution >= 0.6 is 11.6 Å². The van der Waals surface area contributed by atoms with Gasteiger partial charge in [0.05, 0.1) is 11.2 Å². The van der Waals surface area contributed by atoms with E-state index in [4.69, 9.17) is 11.6 Å². The third-order valence-electron chi connectivity index (χ3n) is 3.35. The summed E-state index contributed by atoms with van der Waals surface area (Å²) in [6.07, 6.45) is 1.38. The van der Waals surface area contributed by atoms with Crippen LogP contribution in [-0.4, -0.2) is 12.1 Å². The molecule has 1 amide bonds. The molecule has 23 heavy (non-hydrogen) atoms. The average molecular weight is 333 g/mol. The third kappa shape index (κ3) is 4.63.